The first-order valence-electron chi connectivity index (χ1n) is 7.12. The van der Waals surface area contributed by atoms with Gasteiger partial charge in [-0.15, -0.1) is 0 Å². The topological polar surface area (TPSA) is 82.2 Å². The van der Waals surface area contributed by atoms with Crippen molar-refractivity contribution in [2.24, 2.45) is 0 Å². The van der Waals surface area contributed by atoms with Gasteiger partial charge in [-0.25, -0.2) is 0 Å². The number of carboxylic acids is 1. The number of hydrogen-bond acceptors (Lipinski definition) is 2. The van der Waals surface area contributed by atoms with E-state index in [1.807, 2.05) is 31.3 Å². The van der Waals surface area contributed by atoms with Gasteiger partial charge in [-0.2, -0.15) is 0 Å². The summed E-state index contributed by atoms with van der Waals surface area (Å²) in [5.41, 5.74) is 3.21. The van der Waals surface area contributed by atoms with E-state index in [0.717, 1.165) is 22.0 Å². The molecule has 3 N–H and O–H groups in total. The normalized spacial score (nSPS) is 10.7. The molecule has 1 amide bonds. The summed E-state index contributed by atoms with van der Waals surface area (Å²) in [6.07, 6.45) is 3.63. The molecule has 0 saturated heterocycles. The number of carbonyl (C=O) groups is 2. The summed E-state index contributed by atoms with van der Waals surface area (Å²) >= 11 is 0. The molecule has 0 spiro atoms. The van der Waals surface area contributed by atoms with Crippen LogP contribution in [0.2, 0.25) is 0 Å². The number of amides is 1. The molecule has 1 aromatic carbocycles. The molecular formula is C16H20N2O3. The standard InChI is InChI=1S/C16H20N2O3/c1-11-5-4-6-13-12(10-18-16(11)13)9-14(19)17-8-3-2-7-15(20)21/h4-6,10,18H,2-3,7-9H2,1H3,(H,17,19)(H,20,21). The number of nitrogens with one attached hydrogen (secondary N) is 2. The van der Waals surface area contributed by atoms with Gasteiger partial charge in [0.1, 0.15) is 0 Å². The lowest BCUT2D eigenvalue weighted by Gasteiger charge is -2.04. The number of rotatable bonds is 7. The van der Waals surface area contributed by atoms with Gasteiger partial charge in [-0.1, -0.05) is 18.2 Å². The van der Waals surface area contributed by atoms with Gasteiger partial charge in [-0.3, -0.25) is 9.59 Å². The van der Waals surface area contributed by atoms with E-state index in [2.05, 4.69) is 10.3 Å². The maximum Gasteiger partial charge on any atom is 0.303 e. The van der Waals surface area contributed by atoms with Crippen molar-refractivity contribution >= 4 is 22.8 Å². The number of benzene rings is 1. The van der Waals surface area contributed by atoms with Crippen LogP contribution in [0, 0.1) is 6.92 Å². The molecular weight excluding hydrogens is 268 g/mol. The maximum absolute atomic E-state index is 11.9. The van der Waals surface area contributed by atoms with Crippen LogP contribution in [-0.4, -0.2) is 28.5 Å². The third-order valence-corrected chi connectivity index (χ3v) is 3.50. The number of aliphatic carboxylic acids is 1. The van der Waals surface area contributed by atoms with Gasteiger partial charge < -0.3 is 15.4 Å². The molecule has 112 valence electrons. The average Bonchev–Trinajstić information content (AvgIpc) is 2.83. The lowest BCUT2D eigenvalue weighted by atomic mass is 10.1. The van der Waals surface area contributed by atoms with E-state index in [1.165, 1.54) is 0 Å². The Bertz CT molecular complexity index is 646. The molecule has 0 atom stereocenters. The quantitative estimate of drug-likeness (QED) is 0.684. The van der Waals surface area contributed by atoms with Gasteiger partial charge in [-0.05, 0) is 30.9 Å². The van der Waals surface area contributed by atoms with Gasteiger partial charge >= 0.3 is 5.97 Å². The summed E-state index contributed by atoms with van der Waals surface area (Å²) in [7, 11) is 0. The van der Waals surface area contributed by atoms with Crippen LogP contribution < -0.4 is 5.32 Å². The van der Waals surface area contributed by atoms with E-state index < -0.39 is 5.97 Å². The molecule has 2 aromatic rings. The third-order valence-electron chi connectivity index (χ3n) is 3.50. The summed E-state index contributed by atoms with van der Waals surface area (Å²) < 4.78 is 0. The first-order valence-corrected chi connectivity index (χ1v) is 7.12. The van der Waals surface area contributed by atoms with Crippen molar-refractivity contribution in [3.05, 3.63) is 35.5 Å². The van der Waals surface area contributed by atoms with E-state index in [-0.39, 0.29) is 12.3 Å². The minimum Gasteiger partial charge on any atom is -0.481 e. The van der Waals surface area contributed by atoms with Crippen molar-refractivity contribution in [2.75, 3.05) is 6.54 Å². The van der Waals surface area contributed by atoms with Crippen LogP contribution in [0.3, 0.4) is 0 Å². The van der Waals surface area contributed by atoms with Crippen LogP contribution in [0.5, 0.6) is 0 Å². The summed E-state index contributed by atoms with van der Waals surface area (Å²) in [5, 5.41) is 12.4. The van der Waals surface area contributed by atoms with Crippen molar-refractivity contribution in [2.45, 2.75) is 32.6 Å². The Morgan fingerprint density at radius 2 is 2.10 bits per heavy atom. The Hall–Kier alpha value is -2.30. The van der Waals surface area contributed by atoms with Gasteiger partial charge in [0.2, 0.25) is 5.91 Å². The molecule has 0 aliphatic heterocycles. The summed E-state index contributed by atoms with van der Waals surface area (Å²) in [6, 6.07) is 6.03. The number of carbonyl (C=O) groups excluding carboxylic acids is 1. The number of fused-ring (bicyclic) bond motifs is 1. The second-order valence-corrected chi connectivity index (χ2v) is 5.19. The van der Waals surface area contributed by atoms with E-state index in [1.54, 1.807) is 0 Å². The predicted molar refractivity (Wildman–Crippen MR) is 81.2 cm³/mol. The zero-order valence-electron chi connectivity index (χ0n) is 12.1. The van der Waals surface area contributed by atoms with Crippen LogP contribution in [0.4, 0.5) is 0 Å². The van der Waals surface area contributed by atoms with Crippen molar-refractivity contribution < 1.29 is 14.7 Å². The van der Waals surface area contributed by atoms with Gasteiger partial charge in [0.05, 0.1) is 6.42 Å². The minimum atomic E-state index is -0.796. The number of aromatic nitrogens is 1. The zero-order valence-corrected chi connectivity index (χ0v) is 12.1. The molecule has 0 aliphatic rings. The maximum atomic E-state index is 11.9. The Kier molecular flexibility index (Phi) is 4.98. The molecule has 0 bridgehead atoms. The molecule has 0 aliphatic carbocycles. The average molecular weight is 288 g/mol. The first kappa shape index (κ1) is 15.1. The fraction of sp³-hybridized carbons (Fsp3) is 0.375. The monoisotopic (exact) mass is 288 g/mol. The van der Waals surface area contributed by atoms with Gasteiger partial charge in [0.25, 0.3) is 0 Å². The number of hydrogen-bond donors (Lipinski definition) is 3. The highest BCUT2D eigenvalue weighted by atomic mass is 16.4. The highest BCUT2D eigenvalue weighted by Crippen LogP contribution is 2.21. The smallest absolute Gasteiger partial charge is 0.303 e. The van der Waals surface area contributed by atoms with Gasteiger partial charge in [0.15, 0.2) is 0 Å². The number of para-hydroxylation sites is 1. The second-order valence-electron chi connectivity index (χ2n) is 5.19. The molecule has 1 aromatic heterocycles. The van der Waals surface area contributed by atoms with Gasteiger partial charge in [0, 0.05) is 30.1 Å². The largest absolute Gasteiger partial charge is 0.481 e. The van der Waals surface area contributed by atoms with Crippen LogP contribution in [-0.2, 0) is 16.0 Å². The number of H-pyrrole nitrogens is 1. The van der Waals surface area contributed by atoms with E-state index in [9.17, 15) is 9.59 Å². The number of unbranched alkanes of at least 4 members (excludes halogenated alkanes) is 1. The van der Waals surface area contributed by atoms with Crippen molar-refractivity contribution in [1.29, 1.82) is 0 Å². The van der Waals surface area contributed by atoms with Crippen molar-refractivity contribution in [3.63, 3.8) is 0 Å². The fourth-order valence-corrected chi connectivity index (χ4v) is 2.37. The van der Waals surface area contributed by atoms with E-state index >= 15 is 0 Å². The van der Waals surface area contributed by atoms with Crippen molar-refractivity contribution in [1.82, 2.24) is 10.3 Å². The minimum absolute atomic E-state index is 0.0345. The Morgan fingerprint density at radius 1 is 1.29 bits per heavy atom. The van der Waals surface area contributed by atoms with E-state index in [0.29, 0.717) is 25.8 Å². The van der Waals surface area contributed by atoms with Crippen LogP contribution >= 0.6 is 0 Å². The second kappa shape index (κ2) is 6.92. The summed E-state index contributed by atoms with van der Waals surface area (Å²) in [6.45, 7) is 2.55. The molecule has 0 saturated carbocycles. The number of aryl methyl sites for hydroxylation is 1. The Morgan fingerprint density at radius 3 is 2.86 bits per heavy atom. The molecule has 21 heavy (non-hydrogen) atoms. The van der Waals surface area contributed by atoms with Crippen LogP contribution in [0.1, 0.15) is 30.4 Å². The molecule has 0 radical (unpaired) electrons. The zero-order chi connectivity index (χ0) is 15.2. The van der Waals surface area contributed by atoms with E-state index in [4.69, 9.17) is 5.11 Å². The molecule has 5 heteroatoms. The fourth-order valence-electron chi connectivity index (χ4n) is 2.37. The Balaban J connectivity index is 1.84. The number of aromatic amines is 1. The molecule has 1 heterocycles. The highest BCUT2D eigenvalue weighted by Gasteiger charge is 2.09. The Labute approximate surface area is 123 Å². The lowest BCUT2D eigenvalue weighted by Crippen LogP contribution is -2.26. The molecule has 5 nitrogen and oxygen atoms in total. The van der Waals surface area contributed by atoms with Crippen LogP contribution in [0.25, 0.3) is 10.9 Å². The summed E-state index contributed by atoms with van der Waals surface area (Å²) in [5.74, 6) is -0.830. The highest BCUT2D eigenvalue weighted by molar-refractivity contribution is 5.90. The molecule has 0 fully saturated rings. The van der Waals surface area contributed by atoms with Crippen LogP contribution in [0.15, 0.2) is 24.4 Å². The predicted octanol–water partition coefficient (Wildman–Crippen LogP) is 2.39. The number of carboxylic acid groups (broad SMARTS) is 1. The SMILES string of the molecule is Cc1cccc2c(CC(=O)NCCCCC(=O)O)c[nH]c12. The third kappa shape index (κ3) is 4.08. The molecule has 2 rings (SSSR count). The first-order chi connectivity index (χ1) is 10.1. The summed E-state index contributed by atoms with van der Waals surface area (Å²) in [4.78, 5) is 25.5. The molecule has 0 unspecified atom stereocenters. The van der Waals surface area contributed by atoms with Crippen molar-refractivity contribution in [3.8, 4) is 0 Å². The lowest BCUT2D eigenvalue weighted by molar-refractivity contribution is -0.137.